The second kappa shape index (κ2) is 6.03. The molecule has 1 unspecified atom stereocenters. The van der Waals surface area contributed by atoms with Gasteiger partial charge in [0.05, 0.1) is 12.7 Å². The zero-order valence-electron chi connectivity index (χ0n) is 11.1. The van der Waals surface area contributed by atoms with Crippen molar-refractivity contribution in [2.45, 2.75) is 39.4 Å². The molecule has 0 radical (unpaired) electrons. The van der Waals surface area contributed by atoms with Gasteiger partial charge in [0.2, 0.25) is 0 Å². The highest BCUT2D eigenvalue weighted by Crippen LogP contribution is 2.23. The molecule has 0 spiro atoms. The van der Waals surface area contributed by atoms with Crippen LogP contribution >= 0.6 is 0 Å². The number of benzene rings is 1. The quantitative estimate of drug-likeness (QED) is 0.828. The van der Waals surface area contributed by atoms with Crippen LogP contribution in [-0.4, -0.2) is 24.4 Å². The highest BCUT2D eigenvalue weighted by Gasteiger charge is 2.23. The fraction of sp³-hybridized carbons (Fsp3) is 0.571. The van der Waals surface area contributed by atoms with Crippen molar-refractivity contribution in [2.75, 3.05) is 13.2 Å². The van der Waals surface area contributed by atoms with E-state index < -0.39 is 5.60 Å². The van der Waals surface area contributed by atoms with Crippen LogP contribution in [0.1, 0.15) is 33.3 Å². The number of rotatable bonds is 6. The Kier molecular flexibility index (Phi) is 4.97. The fourth-order valence-corrected chi connectivity index (χ4v) is 1.55. The van der Waals surface area contributed by atoms with Gasteiger partial charge in [0, 0.05) is 6.61 Å². The zero-order chi connectivity index (χ0) is 12.9. The van der Waals surface area contributed by atoms with E-state index in [4.69, 9.17) is 9.47 Å². The molecule has 3 heteroatoms. The van der Waals surface area contributed by atoms with Gasteiger partial charge in [0.1, 0.15) is 11.4 Å². The SMILES string of the molecule is CCOCC(C)(O)c1ccc(OC(C)C)cc1. The monoisotopic (exact) mass is 238 g/mol. The van der Waals surface area contributed by atoms with Crippen molar-refractivity contribution in [3.8, 4) is 5.75 Å². The van der Waals surface area contributed by atoms with Gasteiger partial charge in [-0.1, -0.05) is 12.1 Å². The van der Waals surface area contributed by atoms with Crippen molar-refractivity contribution in [1.82, 2.24) is 0 Å². The van der Waals surface area contributed by atoms with Gasteiger partial charge in [-0.3, -0.25) is 0 Å². The van der Waals surface area contributed by atoms with Gasteiger partial charge in [-0.25, -0.2) is 0 Å². The van der Waals surface area contributed by atoms with Gasteiger partial charge in [-0.15, -0.1) is 0 Å². The molecule has 0 aliphatic heterocycles. The minimum absolute atomic E-state index is 0.157. The summed E-state index contributed by atoms with van der Waals surface area (Å²) in [6, 6.07) is 7.49. The van der Waals surface area contributed by atoms with Crippen LogP contribution in [0.2, 0.25) is 0 Å². The lowest BCUT2D eigenvalue weighted by atomic mass is 9.97. The van der Waals surface area contributed by atoms with E-state index in [1.807, 2.05) is 45.0 Å². The molecule has 1 atom stereocenters. The Balaban J connectivity index is 2.72. The standard InChI is InChI=1S/C14H22O3/c1-5-16-10-14(4,15)12-6-8-13(9-7-12)17-11(2)3/h6-9,11,15H,5,10H2,1-4H3. The second-order valence-corrected chi connectivity index (χ2v) is 4.60. The summed E-state index contributed by atoms with van der Waals surface area (Å²) in [7, 11) is 0. The molecule has 96 valence electrons. The van der Waals surface area contributed by atoms with Crippen molar-refractivity contribution in [1.29, 1.82) is 0 Å². The Labute approximate surface area is 103 Å². The first-order chi connectivity index (χ1) is 7.95. The normalized spacial score (nSPS) is 14.7. The van der Waals surface area contributed by atoms with Crippen LogP contribution in [0.25, 0.3) is 0 Å². The smallest absolute Gasteiger partial charge is 0.119 e. The third-order valence-electron chi connectivity index (χ3n) is 2.44. The molecule has 0 saturated carbocycles. The summed E-state index contributed by atoms with van der Waals surface area (Å²) in [4.78, 5) is 0. The Hall–Kier alpha value is -1.06. The number of hydrogen-bond acceptors (Lipinski definition) is 3. The molecule has 1 aromatic carbocycles. The minimum atomic E-state index is -0.952. The van der Waals surface area contributed by atoms with Gasteiger partial charge < -0.3 is 14.6 Å². The van der Waals surface area contributed by atoms with E-state index in [-0.39, 0.29) is 6.10 Å². The predicted octanol–water partition coefficient (Wildman–Crippen LogP) is 2.72. The Morgan fingerprint density at radius 2 is 1.82 bits per heavy atom. The maximum atomic E-state index is 10.2. The molecule has 0 aliphatic rings. The molecular weight excluding hydrogens is 216 g/mol. The molecule has 0 saturated heterocycles. The molecule has 0 heterocycles. The summed E-state index contributed by atoms with van der Waals surface area (Å²) in [5, 5.41) is 10.2. The molecule has 17 heavy (non-hydrogen) atoms. The van der Waals surface area contributed by atoms with Crippen molar-refractivity contribution >= 4 is 0 Å². The predicted molar refractivity (Wildman–Crippen MR) is 68.3 cm³/mol. The van der Waals surface area contributed by atoms with E-state index in [1.54, 1.807) is 6.92 Å². The van der Waals surface area contributed by atoms with Crippen LogP contribution in [0.3, 0.4) is 0 Å². The molecule has 0 aromatic heterocycles. The third-order valence-corrected chi connectivity index (χ3v) is 2.44. The molecule has 0 fully saturated rings. The van der Waals surface area contributed by atoms with E-state index in [9.17, 15) is 5.11 Å². The lowest BCUT2D eigenvalue weighted by Gasteiger charge is -2.23. The summed E-state index contributed by atoms with van der Waals surface area (Å²) < 4.78 is 10.8. The van der Waals surface area contributed by atoms with Crippen molar-refractivity contribution < 1.29 is 14.6 Å². The van der Waals surface area contributed by atoms with Gasteiger partial charge in [-0.05, 0) is 45.4 Å². The van der Waals surface area contributed by atoms with Crippen molar-refractivity contribution in [3.05, 3.63) is 29.8 Å². The molecule has 1 N–H and O–H groups in total. The lowest BCUT2D eigenvalue weighted by molar-refractivity contribution is -0.0343. The Bertz CT molecular complexity index is 328. The van der Waals surface area contributed by atoms with Crippen LogP contribution in [0.4, 0.5) is 0 Å². The van der Waals surface area contributed by atoms with E-state index in [0.29, 0.717) is 13.2 Å². The van der Waals surface area contributed by atoms with E-state index in [0.717, 1.165) is 11.3 Å². The summed E-state index contributed by atoms with van der Waals surface area (Å²) in [5.74, 6) is 0.816. The zero-order valence-corrected chi connectivity index (χ0v) is 11.1. The summed E-state index contributed by atoms with van der Waals surface area (Å²) in [5.41, 5.74) is -0.117. The molecule has 1 rings (SSSR count). The van der Waals surface area contributed by atoms with Crippen LogP contribution in [0, 0.1) is 0 Å². The van der Waals surface area contributed by atoms with Crippen LogP contribution < -0.4 is 4.74 Å². The summed E-state index contributed by atoms with van der Waals surface area (Å²) >= 11 is 0. The van der Waals surface area contributed by atoms with Crippen LogP contribution in [-0.2, 0) is 10.3 Å². The molecule has 0 bridgehead atoms. The number of hydrogen-bond donors (Lipinski definition) is 1. The highest BCUT2D eigenvalue weighted by molar-refractivity contribution is 5.30. The van der Waals surface area contributed by atoms with Gasteiger partial charge >= 0.3 is 0 Å². The van der Waals surface area contributed by atoms with Crippen molar-refractivity contribution in [2.24, 2.45) is 0 Å². The minimum Gasteiger partial charge on any atom is -0.491 e. The summed E-state index contributed by atoms with van der Waals surface area (Å²) in [6.07, 6.45) is 0.157. The van der Waals surface area contributed by atoms with E-state index in [1.165, 1.54) is 0 Å². The molecule has 1 aromatic rings. The average Bonchev–Trinajstić information content (AvgIpc) is 2.26. The molecule has 3 nitrogen and oxygen atoms in total. The van der Waals surface area contributed by atoms with Gasteiger partial charge in [-0.2, -0.15) is 0 Å². The molecular formula is C14H22O3. The first-order valence-electron chi connectivity index (χ1n) is 6.03. The van der Waals surface area contributed by atoms with E-state index in [2.05, 4.69) is 0 Å². The Morgan fingerprint density at radius 3 is 2.29 bits per heavy atom. The Morgan fingerprint density at radius 1 is 1.24 bits per heavy atom. The second-order valence-electron chi connectivity index (χ2n) is 4.60. The molecule has 0 amide bonds. The van der Waals surface area contributed by atoms with Gasteiger partial charge in [0.15, 0.2) is 0 Å². The van der Waals surface area contributed by atoms with Crippen molar-refractivity contribution in [3.63, 3.8) is 0 Å². The van der Waals surface area contributed by atoms with Gasteiger partial charge in [0.25, 0.3) is 0 Å². The van der Waals surface area contributed by atoms with Crippen LogP contribution in [0.5, 0.6) is 5.75 Å². The highest BCUT2D eigenvalue weighted by atomic mass is 16.5. The number of aliphatic hydroxyl groups is 1. The fourth-order valence-electron chi connectivity index (χ4n) is 1.55. The summed E-state index contributed by atoms with van der Waals surface area (Å²) in [6.45, 7) is 8.54. The lowest BCUT2D eigenvalue weighted by Crippen LogP contribution is -2.27. The largest absolute Gasteiger partial charge is 0.491 e. The number of ether oxygens (including phenoxy) is 2. The van der Waals surface area contributed by atoms with Crippen LogP contribution in [0.15, 0.2) is 24.3 Å². The third kappa shape index (κ3) is 4.36. The average molecular weight is 238 g/mol. The molecule has 0 aliphatic carbocycles. The maximum Gasteiger partial charge on any atom is 0.119 e. The first-order valence-corrected chi connectivity index (χ1v) is 6.03. The first kappa shape index (κ1) is 14.0. The van der Waals surface area contributed by atoms with E-state index >= 15 is 0 Å². The maximum absolute atomic E-state index is 10.2. The topological polar surface area (TPSA) is 38.7 Å².